The van der Waals surface area contributed by atoms with Crippen LogP contribution in [-0.2, 0) is 6.61 Å². The number of aromatic nitrogens is 2. The zero-order valence-electron chi connectivity index (χ0n) is 9.76. The standard InChI is InChI=1S/C12H19N3O/c1-2-7-15(8-10-3-4-10)12-6-5-11(9-16)13-14-12/h5-6,10,16H,2-4,7-9H2,1H3. The Balaban J connectivity index is 2.03. The van der Waals surface area contributed by atoms with E-state index in [1.165, 1.54) is 12.8 Å². The molecule has 0 aromatic carbocycles. The molecular weight excluding hydrogens is 202 g/mol. The van der Waals surface area contributed by atoms with Crippen molar-refractivity contribution in [3.8, 4) is 0 Å². The second kappa shape index (κ2) is 5.25. The summed E-state index contributed by atoms with van der Waals surface area (Å²) in [4.78, 5) is 2.30. The summed E-state index contributed by atoms with van der Waals surface area (Å²) in [5.41, 5.74) is 0.631. The van der Waals surface area contributed by atoms with E-state index in [9.17, 15) is 0 Å². The van der Waals surface area contributed by atoms with Crippen LogP contribution in [0.5, 0.6) is 0 Å². The molecule has 0 radical (unpaired) electrons. The number of hydrogen-bond acceptors (Lipinski definition) is 4. The molecule has 0 amide bonds. The van der Waals surface area contributed by atoms with E-state index in [0.29, 0.717) is 5.69 Å². The van der Waals surface area contributed by atoms with E-state index in [-0.39, 0.29) is 6.61 Å². The van der Waals surface area contributed by atoms with Crippen LogP contribution >= 0.6 is 0 Å². The molecule has 4 nitrogen and oxygen atoms in total. The zero-order chi connectivity index (χ0) is 11.4. The summed E-state index contributed by atoms with van der Waals surface area (Å²) in [7, 11) is 0. The molecule has 0 saturated heterocycles. The second-order valence-electron chi connectivity index (χ2n) is 4.43. The van der Waals surface area contributed by atoms with E-state index in [1.807, 2.05) is 12.1 Å². The number of hydrogen-bond donors (Lipinski definition) is 1. The van der Waals surface area contributed by atoms with Crippen molar-refractivity contribution in [3.63, 3.8) is 0 Å². The molecule has 88 valence electrons. The zero-order valence-corrected chi connectivity index (χ0v) is 9.76. The Hall–Kier alpha value is -1.16. The van der Waals surface area contributed by atoms with Crippen molar-refractivity contribution in [1.82, 2.24) is 10.2 Å². The molecule has 1 saturated carbocycles. The third-order valence-corrected chi connectivity index (χ3v) is 2.86. The van der Waals surface area contributed by atoms with Gasteiger partial charge in [0.15, 0.2) is 5.82 Å². The topological polar surface area (TPSA) is 49.2 Å². The maximum Gasteiger partial charge on any atom is 0.151 e. The van der Waals surface area contributed by atoms with Gasteiger partial charge in [-0.15, -0.1) is 5.10 Å². The molecule has 0 bridgehead atoms. The van der Waals surface area contributed by atoms with E-state index in [0.717, 1.165) is 31.2 Å². The van der Waals surface area contributed by atoms with Gasteiger partial charge in [-0.25, -0.2) is 0 Å². The molecule has 0 unspecified atom stereocenters. The number of anilines is 1. The summed E-state index contributed by atoms with van der Waals surface area (Å²) < 4.78 is 0. The lowest BCUT2D eigenvalue weighted by atomic mass is 10.3. The molecule has 1 N–H and O–H groups in total. The van der Waals surface area contributed by atoms with Crippen molar-refractivity contribution in [2.24, 2.45) is 5.92 Å². The predicted molar refractivity (Wildman–Crippen MR) is 63.2 cm³/mol. The second-order valence-corrected chi connectivity index (χ2v) is 4.43. The van der Waals surface area contributed by atoms with Crippen LogP contribution in [0.2, 0.25) is 0 Å². The summed E-state index contributed by atoms with van der Waals surface area (Å²) >= 11 is 0. The average molecular weight is 221 g/mol. The van der Waals surface area contributed by atoms with Gasteiger partial charge in [-0.1, -0.05) is 6.92 Å². The minimum Gasteiger partial charge on any atom is -0.390 e. The third-order valence-electron chi connectivity index (χ3n) is 2.86. The van der Waals surface area contributed by atoms with Crippen molar-refractivity contribution >= 4 is 5.82 Å². The van der Waals surface area contributed by atoms with Gasteiger partial charge in [-0.3, -0.25) is 0 Å². The summed E-state index contributed by atoms with van der Waals surface area (Å²) in [5.74, 6) is 1.79. The van der Waals surface area contributed by atoms with E-state index < -0.39 is 0 Å². The highest BCUT2D eigenvalue weighted by Crippen LogP contribution is 2.30. The van der Waals surface area contributed by atoms with Crippen LogP contribution in [0.25, 0.3) is 0 Å². The number of rotatable bonds is 6. The first kappa shape index (κ1) is 11.3. The molecule has 1 aromatic rings. The van der Waals surface area contributed by atoms with Crippen molar-refractivity contribution in [3.05, 3.63) is 17.8 Å². The van der Waals surface area contributed by atoms with Gasteiger partial charge in [-0.2, -0.15) is 5.10 Å². The SMILES string of the molecule is CCCN(CC1CC1)c1ccc(CO)nn1. The van der Waals surface area contributed by atoms with Crippen LogP contribution in [-0.4, -0.2) is 28.4 Å². The van der Waals surface area contributed by atoms with Gasteiger partial charge in [0.2, 0.25) is 0 Å². The van der Waals surface area contributed by atoms with E-state index >= 15 is 0 Å². The molecule has 1 fully saturated rings. The summed E-state index contributed by atoms with van der Waals surface area (Å²) in [6, 6.07) is 3.80. The molecule has 1 aliphatic rings. The first-order chi connectivity index (χ1) is 7.83. The van der Waals surface area contributed by atoms with E-state index in [4.69, 9.17) is 5.11 Å². The highest BCUT2D eigenvalue weighted by atomic mass is 16.3. The molecule has 2 rings (SSSR count). The molecule has 1 aliphatic carbocycles. The smallest absolute Gasteiger partial charge is 0.151 e. The number of nitrogens with zero attached hydrogens (tertiary/aromatic N) is 3. The Morgan fingerprint density at radius 3 is 2.69 bits per heavy atom. The average Bonchev–Trinajstić information content (AvgIpc) is 3.13. The molecular formula is C12H19N3O. The lowest BCUT2D eigenvalue weighted by Crippen LogP contribution is -2.27. The van der Waals surface area contributed by atoms with Gasteiger partial charge in [-0.05, 0) is 37.3 Å². The van der Waals surface area contributed by atoms with E-state index in [2.05, 4.69) is 22.0 Å². The molecule has 0 spiro atoms. The van der Waals surface area contributed by atoms with Crippen LogP contribution in [0, 0.1) is 5.92 Å². The summed E-state index contributed by atoms with van der Waals surface area (Å²) in [5, 5.41) is 17.1. The fraction of sp³-hybridized carbons (Fsp3) is 0.667. The summed E-state index contributed by atoms with van der Waals surface area (Å²) in [6.45, 7) is 4.27. The van der Waals surface area contributed by atoms with Gasteiger partial charge in [0.1, 0.15) is 0 Å². The van der Waals surface area contributed by atoms with Gasteiger partial charge in [0.05, 0.1) is 12.3 Å². The minimum atomic E-state index is -0.0380. The van der Waals surface area contributed by atoms with Crippen LogP contribution in [0.1, 0.15) is 31.9 Å². The van der Waals surface area contributed by atoms with Gasteiger partial charge < -0.3 is 10.0 Å². The molecule has 1 heterocycles. The molecule has 0 aliphatic heterocycles. The lowest BCUT2D eigenvalue weighted by Gasteiger charge is -2.22. The fourth-order valence-electron chi connectivity index (χ4n) is 1.79. The third kappa shape index (κ3) is 2.92. The molecule has 0 atom stereocenters. The van der Waals surface area contributed by atoms with Crippen molar-refractivity contribution in [1.29, 1.82) is 0 Å². The molecule has 1 aromatic heterocycles. The highest BCUT2D eigenvalue weighted by molar-refractivity contribution is 5.37. The monoisotopic (exact) mass is 221 g/mol. The number of aliphatic hydroxyl groups excluding tert-OH is 1. The summed E-state index contributed by atoms with van der Waals surface area (Å²) in [6.07, 6.45) is 3.82. The molecule has 4 heteroatoms. The Bertz CT molecular complexity index is 322. The van der Waals surface area contributed by atoms with E-state index in [1.54, 1.807) is 0 Å². The Morgan fingerprint density at radius 1 is 1.38 bits per heavy atom. The van der Waals surface area contributed by atoms with Crippen LogP contribution in [0.4, 0.5) is 5.82 Å². The van der Waals surface area contributed by atoms with Crippen LogP contribution in [0.3, 0.4) is 0 Å². The van der Waals surface area contributed by atoms with Gasteiger partial charge >= 0.3 is 0 Å². The predicted octanol–water partition coefficient (Wildman–Crippen LogP) is 1.60. The highest BCUT2D eigenvalue weighted by Gasteiger charge is 2.24. The normalized spacial score (nSPS) is 15.1. The van der Waals surface area contributed by atoms with Gasteiger partial charge in [0.25, 0.3) is 0 Å². The van der Waals surface area contributed by atoms with Gasteiger partial charge in [0, 0.05) is 13.1 Å². The fourth-order valence-corrected chi connectivity index (χ4v) is 1.79. The lowest BCUT2D eigenvalue weighted by molar-refractivity contribution is 0.275. The quantitative estimate of drug-likeness (QED) is 0.792. The first-order valence-electron chi connectivity index (χ1n) is 6.02. The largest absolute Gasteiger partial charge is 0.390 e. The minimum absolute atomic E-state index is 0.0380. The van der Waals surface area contributed by atoms with Crippen LogP contribution < -0.4 is 4.90 Å². The Morgan fingerprint density at radius 2 is 2.19 bits per heavy atom. The molecule has 16 heavy (non-hydrogen) atoms. The Labute approximate surface area is 96.3 Å². The number of aliphatic hydroxyl groups is 1. The maximum absolute atomic E-state index is 8.91. The maximum atomic E-state index is 8.91. The first-order valence-corrected chi connectivity index (χ1v) is 6.02. The van der Waals surface area contributed by atoms with Crippen molar-refractivity contribution < 1.29 is 5.11 Å². The Kier molecular flexibility index (Phi) is 3.72. The van der Waals surface area contributed by atoms with Crippen LogP contribution in [0.15, 0.2) is 12.1 Å². The van der Waals surface area contributed by atoms with Crippen molar-refractivity contribution in [2.75, 3.05) is 18.0 Å². The van der Waals surface area contributed by atoms with Crippen molar-refractivity contribution in [2.45, 2.75) is 32.8 Å².